The molecule has 13 rings (SSSR count). The van der Waals surface area contributed by atoms with Crippen molar-refractivity contribution in [3.05, 3.63) is 176 Å². The Kier molecular flexibility index (Phi) is 9.28. The number of fused-ring (bicyclic) bond motifs is 10. The fraction of sp³-hybridized carbons (Fsp3) is 0. The number of benzene rings is 9. The Morgan fingerprint density at radius 3 is 1.79 bits per heavy atom. The molecule has 0 saturated carbocycles. The maximum atomic E-state index is 6.73. The molecule has 0 bridgehead atoms. The largest absolute Gasteiger partial charge is 0.455 e. The summed E-state index contributed by atoms with van der Waals surface area (Å²) < 4.78 is 11.1. The van der Waals surface area contributed by atoms with E-state index in [1.54, 1.807) is 11.3 Å². The van der Waals surface area contributed by atoms with E-state index in [9.17, 15) is 0 Å². The van der Waals surface area contributed by atoms with E-state index in [2.05, 4.69) is 126 Å². The van der Waals surface area contributed by atoms with Gasteiger partial charge in [-0.2, -0.15) is 0 Å². The number of thiophene rings is 1. The van der Waals surface area contributed by atoms with Crippen molar-refractivity contribution >= 4 is 142 Å². The smallest absolute Gasteiger partial charge is 0.165 e. The van der Waals surface area contributed by atoms with Crippen LogP contribution in [0.1, 0.15) is 0 Å². The minimum absolute atomic E-state index is 0.109. The number of hydrogen-bond acceptors (Lipinski definition) is 5. The first-order chi connectivity index (χ1) is 33.3. The van der Waals surface area contributed by atoms with Crippen molar-refractivity contribution < 1.29 is 4.42 Å². The molecule has 304 valence electrons. The Morgan fingerprint density at radius 2 is 1.00 bits per heavy atom. The average Bonchev–Trinajstić information content (AvgIpc) is 4.07. The van der Waals surface area contributed by atoms with E-state index in [4.69, 9.17) is 58.6 Å². The van der Waals surface area contributed by atoms with Crippen LogP contribution in [0, 0.1) is 0 Å². The molecule has 0 atom stereocenters. The standard InChI is InChI=1S/C57H29B5N4OS/c58-47-46(48(59)50(61)51(62)49(47)60)57-64-55(31-15-5-2-6-16-31)63-56(65-57)41-29-34(66-42-23-9-7-20-39(42)45-43(66)26-25-37-36-19-8-10-24-44(36)67-52(37)45)28-40-38-22-12-21-35(53(38)68-54(40)41)33-18-11-17-32(27-33)30-13-3-1-4-14-30/h1-29H. The zero-order chi connectivity index (χ0) is 45.8. The van der Waals surface area contributed by atoms with Crippen molar-refractivity contribution in [1.82, 2.24) is 19.5 Å². The molecule has 0 aliphatic carbocycles. The second-order valence-corrected chi connectivity index (χ2v) is 18.0. The lowest BCUT2D eigenvalue weighted by atomic mass is 9.60. The van der Waals surface area contributed by atoms with Gasteiger partial charge in [0, 0.05) is 58.7 Å². The minimum atomic E-state index is 0.109. The lowest BCUT2D eigenvalue weighted by Gasteiger charge is -2.20. The summed E-state index contributed by atoms with van der Waals surface area (Å²) in [6, 6.07) is 61.0. The Labute approximate surface area is 401 Å². The number of para-hydroxylation sites is 2. The molecule has 5 nitrogen and oxygen atoms in total. The second kappa shape index (κ2) is 15.6. The van der Waals surface area contributed by atoms with Crippen LogP contribution in [0.25, 0.3) is 126 Å². The molecular formula is C57H29B5N4OS. The molecule has 0 aliphatic rings. The maximum absolute atomic E-state index is 6.73. The van der Waals surface area contributed by atoms with Gasteiger partial charge in [0.1, 0.15) is 50.4 Å². The average molecular weight is 872 g/mol. The molecule has 0 aliphatic heterocycles. The first-order valence-electron chi connectivity index (χ1n) is 22.1. The summed E-state index contributed by atoms with van der Waals surface area (Å²) in [5.41, 5.74) is 11.6. The van der Waals surface area contributed by atoms with Crippen LogP contribution in [0.3, 0.4) is 0 Å². The van der Waals surface area contributed by atoms with Crippen LogP contribution in [0.2, 0.25) is 0 Å². The quantitative estimate of drug-likeness (QED) is 0.156. The summed E-state index contributed by atoms with van der Waals surface area (Å²) in [6.07, 6.45) is 0. The highest BCUT2D eigenvalue weighted by Crippen LogP contribution is 2.47. The lowest BCUT2D eigenvalue weighted by molar-refractivity contribution is 0.673. The molecule has 0 fully saturated rings. The molecule has 10 radical (unpaired) electrons. The van der Waals surface area contributed by atoms with Gasteiger partial charge < -0.3 is 8.98 Å². The van der Waals surface area contributed by atoms with Crippen LogP contribution < -0.4 is 27.3 Å². The lowest BCUT2D eigenvalue weighted by Crippen LogP contribution is -2.55. The van der Waals surface area contributed by atoms with Gasteiger partial charge in [0.2, 0.25) is 0 Å². The summed E-state index contributed by atoms with van der Waals surface area (Å²) in [5, 5.41) is 6.38. The third kappa shape index (κ3) is 6.19. The van der Waals surface area contributed by atoms with Crippen molar-refractivity contribution in [1.29, 1.82) is 0 Å². The molecule has 4 aromatic heterocycles. The van der Waals surface area contributed by atoms with Crippen molar-refractivity contribution in [2.24, 2.45) is 0 Å². The molecule has 13 aromatic rings. The van der Waals surface area contributed by atoms with Crippen LogP contribution in [-0.4, -0.2) is 58.8 Å². The zero-order valence-electron chi connectivity index (χ0n) is 36.2. The molecule has 0 spiro atoms. The van der Waals surface area contributed by atoms with E-state index in [-0.39, 0.29) is 38.7 Å². The fourth-order valence-electron chi connectivity index (χ4n) is 9.83. The number of rotatable bonds is 6. The molecular weight excluding hydrogens is 843 g/mol. The van der Waals surface area contributed by atoms with Gasteiger partial charge >= 0.3 is 0 Å². The molecule has 68 heavy (non-hydrogen) atoms. The molecule has 0 N–H and O–H groups in total. The highest BCUT2D eigenvalue weighted by atomic mass is 32.1. The zero-order valence-corrected chi connectivity index (χ0v) is 37.1. The van der Waals surface area contributed by atoms with Gasteiger partial charge in [0.25, 0.3) is 0 Å². The van der Waals surface area contributed by atoms with Crippen LogP contribution >= 0.6 is 11.3 Å². The summed E-state index contributed by atoms with van der Waals surface area (Å²) in [5.74, 6) is 1.04. The van der Waals surface area contributed by atoms with Crippen molar-refractivity contribution in [3.8, 4) is 62.1 Å². The van der Waals surface area contributed by atoms with Crippen LogP contribution in [0.4, 0.5) is 0 Å². The van der Waals surface area contributed by atoms with Gasteiger partial charge in [0.15, 0.2) is 17.5 Å². The third-order valence-electron chi connectivity index (χ3n) is 13.1. The van der Waals surface area contributed by atoms with Crippen LogP contribution in [0.15, 0.2) is 180 Å². The van der Waals surface area contributed by atoms with Gasteiger partial charge in [-0.3, -0.25) is 0 Å². The summed E-state index contributed by atoms with van der Waals surface area (Å²) in [6.45, 7) is 0. The Hall–Kier alpha value is -7.87. The Balaban J connectivity index is 1.14. The van der Waals surface area contributed by atoms with Crippen LogP contribution in [-0.2, 0) is 0 Å². The van der Waals surface area contributed by atoms with Gasteiger partial charge in [-0.05, 0) is 64.7 Å². The number of furan rings is 1. The van der Waals surface area contributed by atoms with Crippen LogP contribution in [0.5, 0.6) is 0 Å². The molecule has 9 aromatic carbocycles. The molecule has 11 heteroatoms. The number of hydrogen-bond donors (Lipinski definition) is 0. The predicted molar refractivity (Wildman–Crippen MR) is 288 cm³/mol. The van der Waals surface area contributed by atoms with Crippen molar-refractivity contribution in [2.45, 2.75) is 0 Å². The van der Waals surface area contributed by atoms with E-state index in [0.717, 1.165) is 103 Å². The predicted octanol–water partition coefficient (Wildman–Crippen LogP) is 9.54. The van der Waals surface area contributed by atoms with Crippen molar-refractivity contribution in [2.75, 3.05) is 0 Å². The number of nitrogens with zero attached hydrogens (tertiary/aromatic N) is 4. The van der Waals surface area contributed by atoms with Gasteiger partial charge in [-0.25, -0.2) is 15.0 Å². The van der Waals surface area contributed by atoms with Crippen molar-refractivity contribution in [3.63, 3.8) is 0 Å². The Morgan fingerprint density at radius 1 is 0.397 bits per heavy atom. The van der Waals surface area contributed by atoms with E-state index in [1.165, 1.54) is 0 Å². The number of aromatic nitrogens is 4. The van der Waals surface area contributed by atoms with Gasteiger partial charge in [0.05, 0.1) is 16.4 Å². The first-order valence-corrected chi connectivity index (χ1v) is 22.9. The summed E-state index contributed by atoms with van der Waals surface area (Å²) in [4.78, 5) is 15.5. The highest BCUT2D eigenvalue weighted by Gasteiger charge is 2.24. The highest BCUT2D eigenvalue weighted by molar-refractivity contribution is 7.26. The summed E-state index contributed by atoms with van der Waals surface area (Å²) >= 11 is 1.71. The third-order valence-corrected chi connectivity index (χ3v) is 14.4. The normalized spacial score (nSPS) is 11.8. The minimum Gasteiger partial charge on any atom is -0.455 e. The maximum Gasteiger partial charge on any atom is 0.165 e. The summed E-state index contributed by atoms with van der Waals surface area (Å²) in [7, 11) is 32.7. The SMILES string of the molecule is [B]c1c([B])c([B])c(-c2nc(-c3ccccc3)nc(-c3cc(-n4c5ccccc5c5c6oc7ccccc7c6ccc54)cc4c3sc3c(-c5cccc(-c6ccccc6)c5)cccc34)n2)c([B])c1[B]. The molecule has 0 amide bonds. The second-order valence-electron chi connectivity index (χ2n) is 17.0. The molecule has 0 unspecified atom stereocenters. The molecule has 4 heterocycles. The fourth-order valence-corrected chi connectivity index (χ4v) is 11.2. The van der Waals surface area contributed by atoms with E-state index < -0.39 is 0 Å². The van der Waals surface area contributed by atoms with Gasteiger partial charge in [-0.1, -0.05) is 144 Å². The van der Waals surface area contributed by atoms with E-state index in [0.29, 0.717) is 11.6 Å². The molecule has 0 saturated heterocycles. The first kappa shape index (κ1) is 40.4. The monoisotopic (exact) mass is 872 g/mol. The van der Waals surface area contributed by atoms with Gasteiger partial charge in [-0.15, -0.1) is 27.7 Å². The Bertz CT molecular complexity index is 4190. The van der Waals surface area contributed by atoms with E-state index >= 15 is 0 Å². The van der Waals surface area contributed by atoms with E-state index in [1.807, 2.05) is 54.6 Å². The topological polar surface area (TPSA) is 56.7 Å².